The molecule has 0 fully saturated rings. The second-order valence-electron chi connectivity index (χ2n) is 3.33. The van der Waals surface area contributed by atoms with E-state index in [9.17, 15) is 0 Å². The van der Waals surface area contributed by atoms with E-state index < -0.39 is 0 Å². The fourth-order valence-corrected chi connectivity index (χ4v) is 2.65. The Balaban J connectivity index is 2.21. The molecular weight excluding hydrogens is 228 g/mol. The van der Waals surface area contributed by atoms with E-state index in [1.807, 2.05) is 24.3 Å². The minimum absolute atomic E-state index is 0.0686. The lowest BCUT2D eigenvalue weighted by Gasteiger charge is -1.98. The van der Waals surface area contributed by atoms with E-state index in [4.69, 9.17) is 16.7 Å². The van der Waals surface area contributed by atoms with Crippen LogP contribution >= 0.6 is 22.9 Å². The Morgan fingerprint density at radius 1 is 1.20 bits per heavy atom. The standard InChI is InChI=1S/C12H11ClOS/c13-12-10(7-11(8-14)15-12)6-9-4-2-1-3-5-9/h1-5,7,14H,6,8H2. The number of aliphatic hydroxyl groups excluding tert-OH is 1. The molecule has 0 saturated carbocycles. The average molecular weight is 239 g/mol. The van der Waals surface area contributed by atoms with Crippen LogP contribution in [0.15, 0.2) is 36.4 Å². The minimum Gasteiger partial charge on any atom is -0.391 e. The third kappa shape index (κ3) is 2.59. The summed E-state index contributed by atoms with van der Waals surface area (Å²) in [5, 5.41) is 8.99. The van der Waals surface area contributed by atoms with Gasteiger partial charge in [0.25, 0.3) is 0 Å². The van der Waals surface area contributed by atoms with Crippen LogP contribution in [0.4, 0.5) is 0 Å². The van der Waals surface area contributed by atoms with Gasteiger partial charge in [0.05, 0.1) is 10.9 Å². The van der Waals surface area contributed by atoms with Gasteiger partial charge >= 0.3 is 0 Å². The van der Waals surface area contributed by atoms with Gasteiger partial charge in [-0.05, 0) is 23.6 Å². The molecule has 0 aliphatic rings. The zero-order chi connectivity index (χ0) is 10.7. The van der Waals surface area contributed by atoms with Crippen LogP contribution in [0.25, 0.3) is 0 Å². The minimum atomic E-state index is 0.0686. The molecule has 0 aliphatic heterocycles. The highest BCUT2D eigenvalue weighted by Crippen LogP contribution is 2.29. The van der Waals surface area contributed by atoms with Gasteiger partial charge in [-0.1, -0.05) is 41.9 Å². The molecular formula is C12H11ClOS. The van der Waals surface area contributed by atoms with E-state index >= 15 is 0 Å². The van der Waals surface area contributed by atoms with E-state index in [1.54, 1.807) is 0 Å². The van der Waals surface area contributed by atoms with Crippen molar-refractivity contribution in [3.63, 3.8) is 0 Å². The van der Waals surface area contributed by atoms with Crippen LogP contribution in [0.5, 0.6) is 0 Å². The molecule has 1 nitrogen and oxygen atoms in total. The molecule has 0 unspecified atom stereocenters. The normalized spacial score (nSPS) is 10.5. The monoisotopic (exact) mass is 238 g/mol. The molecule has 0 atom stereocenters. The lowest BCUT2D eigenvalue weighted by atomic mass is 10.1. The van der Waals surface area contributed by atoms with Crippen molar-refractivity contribution in [3.8, 4) is 0 Å². The van der Waals surface area contributed by atoms with Gasteiger partial charge in [0.1, 0.15) is 0 Å². The molecule has 0 bridgehead atoms. The molecule has 15 heavy (non-hydrogen) atoms. The maximum atomic E-state index is 8.99. The van der Waals surface area contributed by atoms with Gasteiger partial charge in [-0.25, -0.2) is 0 Å². The van der Waals surface area contributed by atoms with Crippen LogP contribution in [0.2, 0.25) is 4.34 Å². The summed E-state index contributed by atoms with van der Waals surface area (Å²) >= 11 is 7.53. The Hall–Kier alpha value is -0.830. The van der Waals surface area contributed by atoms with Gasteiger partial charge in [0.15, 0.2) is 0 Å². The number of benzene rings is 1. The van der Waals surface area contributed by atoms with Crippen molar-refractivity contribution in [2.45, 2.75) is 13.0 Å². The van der Waals surface area contributed by atoms with Gasteiger partial charge in [0.2, 0.25) is 0 Å². The third-order valence-electron chi connectivity index (χ3n) is 2.20. The summed E-state index contributed by atoms with van der Waals surface area (Å²) in [7, 11) is 0. The van der Waals surface area contributed by atoms with Crippen LogP contribution in [-0.4, -0.2) is 5.11 Å². The summed E-state index contributed by atoms with van der Waals surface area (Å²) in [4.78, 5) is 0.922. The Kier molecular flexibility index (Phi) is 3.41. The quantitative estimate of drug-likeness (QED) is 0.868. The third-order valence-corrected chi connectivity index (χ3v) is 3.63. The first kappa shape index (κ1) is 10.7. The van der Waals surface area contributed by atoms with Crippen molar-refractivity contribution in [3.05, 3.63) is 56.7 Å². The summed E-state index contributed by atoms with van der Waals surface area (Å²) in [6, 6.07) is 12.2. The molecule has 1 aromatic carbocycles. The summed E-state index contributed by atoms with van der Waals surface area (Å²) in [5.74, 6) is 0. The van der Waals surface area contributed by atoms with Crippen LogP contribution in [0.3, 0.4) is 0 Å². The van der Waals surface area contributed by atoms with Crippen LogP contribution in [0.1, 0.15) is 16.0 Å². The van der Waals surface area contributed by atoms with E-state index in [-0.39, 0.29) is 6.61 Å². The lowest BCUT2D eigenvalue weighted by molar-refractivity contribution is 0.285. The van der Waals surface area contributed by atoms with Crippen molar-refractivity contribution in [1.82, 2.24) is 0 Å². The van der Waals surface area contributed by atoms with E-state index in [0.29, 0.717) is 0 Å². The predicted molar refractivity (Wildman–Crippen MR) is 64.5 cm³/mol. The average Bonchev–Trinajstić information content (AvgIpc) is 2.61. The zero-order valence-electron chi connectivity index (χ0n) is 8.11. The maximum Gasteiger partial charge on any atom is 0.0967 e. The van der Waals surface area contributed by atoms with Crippen molar-refractivity contribution < 1.29 is 5.11 Å². The Bertz CT molecular complexity index is 436. The molecule has 0 aliphatic carbocycles. The smallest absolute Gasteiger partial charge is 0.0967 e. The molecule has 2 rings (SSSR count). The Morgan fingerprint density at radius 3 is 2.53 bits per heavy atom. The van der Waals surface area contributed by atoms with Gasteiger partial charge in [-0.3, -0.25) is 0 Å². The predicted octanol–water partition coefficient (Wildman–Crippen LogP) is 3.48. The van der Waals surface area contributed by atoms with Crippen molar-refractivity contribution in [2.75, 3.05) is 0 Å². The summed E-state index contributed by atoms with van der Waals surface area (Å²) in [6.07, 6.45) is 0.830. The number of halogens is 1. The Labute approximate surface area is 98.0 Å². The van der Waals surface area contributed by atoms with Crippen molar-refractivity contribution in [1.29, 1.82) is 0 Å². The molecule has 0 saturated heterocycles. The largest absolute Gasteiger partial charge is 0.391 e. The van der Waals surface area contributed by atoms with E-state index in [0.717, 1.165) is 21.2 Å². The van der Waals surface area contributed by atoms with Gasteiger partial charge in [0, 0.05) is 4.88 Å². The lowest BCUT2D eigenvalue weighted by Crippen LogP contribution is -1.85. The molecule has 0 spiro atoms. The summed E-state index contributed by atoms with van der Waals surface area (Å²) < 4.78 is 0.780. The molecule has 1 heterocycles. The van der Waals surface area contributed by atoms with Crippen molar-refractivity contribution in [2.24, 2.45) is 0 Å². The fourth-order valence-electron chi connectivity index (χ4n) is 1.48. The van der Waals surface area contributed by atoms with E-state index in [2.05, 4.69) is 12.1 Å². The fraction of sp³-hybridized carbons (Fsp3) is 0.167. The van der Waals surface area contributed by atoms with Crippen molar-refractivity contribution >= 4 is 22.9 Å². The molecule has 78 valence electrons. The Morgan fingerprint density at radius 2 is 1.93 bits per heavy atom. The van der Waals surface area contributed by atoms with Crippen LogP contribution in [-0.2, 0) is 13.0 Å². The first-order valence-corrected chi connectivity index (χ1v) is 5.91. The molecule has 1 aromatic heterocycles. The van der Waals surface area contributed by atoms with Crippen LogP contribution in [0, 0.1) is 0 Å². The summed E-state index contributed by atoms with van der Waals surface area (Å²) in [5.41, 5.74) is 2.33. The topological polar surface area (TPSA) is 20.2 Å². The summed E-state index contributed by atoms with van der Waals surface area (Å²) in [6.45, 7) is 0.0686. The zero-order valence-corrected chi connectivity index (χ0v) is 9.68. The van der Waals surface area contributed by atoms with Gasteiger partial charge in [-0.15, -0.1) is 11.3 Å². The first-order valence-electron chi connectivity index (χ1n) is 4.71. The first-order chi connectivity index (χ1) is 7.29. The number of hydrogen-bond acceptors (Lipinski definition) is 2. The second kappa shape index (κ2) is 4.79. The molecule has 0 radical (unpaired) electrons. The van der Waals surface area contributed by atoms with Gasteiger partial charge < -0.3 is 5.11 Å². The van der Waals surface area contributed by atoms with E-state index in [1.165, 1.54) is 16.9 Å². The number of hydrogen-bond donors (Lipinski definition) is 1. The SMILES string of the molecule is OCc1cc(Cc2ccccc2)c(Cl)s1. The number of rotatable bonds is 3. The number of thiophene rings is 1. The van der Waals surface area contributed by atoms with Crippen LogP contribution < -0.4 is 0 Å². The highest BCUT2D eigenvalue weighted by atomic mass is 35.5. The van der Waals surface area contributed by atoms with Gasteiger partial charge in [-0.2, -0.15) is 0 Å². The maximum absolute atomic E-state index is 8.99. The highest BCUT2D eigenvalue weighted by molar-refractivity contribution is 7.16. The molecule has 0 amide bonds. The molecule has 1 N–H and O–H groups in total. The highest BCUT2D eigenvalue weighted by Gasteiger charge is 2.06. The molecule has 2 aromatic rings. The second-order valence-corrected chi connectivity index (χ2v) is 5.07. The molecule has 3 heteroatoms. The number of aliphatic hydroxyl groups is 1.